The van der Waals surface area contributed by atoms with Gasteiger partial charge in [-0.25, -0.2) is 0 Å². The average molecular weight is 207 g/mol. The smallest absolute Gasteiger partial charge is 0.115 e. The van der Waals surface area contributed by atoms with Crippen LogP contribution >= 0.6 is 0 Å². The number of nitrogens with zero attached hydrogens (tertiary/aromatic N) is 1. The number of aliphatic hydroxyl groups excluding tert-OH is 4. The first-order chi connectivity index (χ1) is 6.56. The molecule has 1 rings (SSSR count). The minimum absolute atomic E-state index is 0.289. The molecule has 0 aromatic rings. The molecule has 0 unspecified atom stereocenters. The summed E-state index contributed by atoms with van der Waals surface area (Å²) in [7, 11) is 1.77. The Bertz CT molecular complexity index is 179. The van der Waals surface area contributed by atoms with E-state index in [9.17, 15) is 10.2 Å². The molecule has 0 aliphatic carbocycles. The topological polar surface area (TPSA) is 93.4 Å². The highest BCUT2D eigenvalue weighted by atomic mass is 16.5. The summed E-state index contributed by atoms with van der Waals surface area (Å²) < 4.78 is 5.14. The van der Waals surface area contributed by atoms with Gasteiger partial charge in [-0.3, -0.25) is 4.90 Å². The first-order valence-electron chi connectivity index (χ1n) is 4.51. The van der Waals surface area contributed by atoms with Crippen LogP contribution in [0.3, 0.4) is 0 Å². The van der Waals surface area contributed by atoms with Crippen molar-refractivity contribution < 1.29 is 25.2 Å². The molecule has 0 radical (unpaired) electrons. The molecule has 1 aliphatic heterocycles. The lowest BCUT2D eigenvalue weighted by molar-refractivity contribution is -0.188. The van der Waals surface area contributed by atoms with Crippen molar-refractivity contribution in [3.05, 3.63) is 0 Å². The van der Waals surface area contributed by atoms with Crippen molar-refractivity contribution in [3.63, 3.8) is 0 Å². The van der Waals surface area contributed by atoms with Gasteiger partial charge < -0.3 is 25.2 Å². The van der Waals surface area contributed by atoms with Crippen molar-refractivity contribution in [1.29, 1.82) is 0 Å². The first-order valence-corrected chi connectivity index (χ1v) is 4.51. The summed E-state index contributed by atoms with van der Waals surface area (Å²) in [6.07, 6.45) is -4.24. The van der Waals surface area contributed by atoms with Crippen molar-refractivity contribution in [2.24, 2.45) is 0 Å². The Kier molecular flexibility index (Phi) is 4.24. The van der Waals surface area contributed by atoms with Gasteiger partial charge in [-0.2, -0.15) is 0 Å². The maximum atomic E-state index is 9.53. The Hall–Kier alpha value is -0.240. The molecule has 0 saturated carbocycles. The number of β-amino-alcohol motifs (C(OH)–C–C–N with tert-alkyl or cyclic N) is 1. The zero-order chi connectivity index (χ0) is 10.7. The minimum Gasteiger partial charge on any atom is -0.394 e. The van der Waals surface area contributed by atoms with Crippen molar-refractivity contribution in [3.8, 4) is 0 Å². The maximum absolute atomic E-state index is 9.53. The molecule has 4 N–H and O–H groups in total. The number of aliphatic hydroxyl groups is 4. The highest BCUT2D eigenvalue weighted by Crippen LogP contribution is 2.14. The van der Waals surface area contributed by atoms with E-state index in [1.54, 1.807) is 11.9 Å². The predicted molar refractivity (Wildman–Crippen MR) is 47.5 cm³/mol. The summed E-state index contributed by atoms with van der Waals surface area (Å²) in [5.41, 5.74) is 0. The second kappa shape index (κ2) is 5.01. The van der Waals surface area contributed by atoms with Crippen LogP contribution in [0.1, 0.15) is 0 Å². The third kappa shape index (κ3) is 2.63. The Balaban J connectivity index is 2.51. The van der Waals surface area contributed by atoms with E-state index < -0.39 is 31.0 Å². The third-order valence-electron chi connectivity index (χ3n) is 2.28. The van der Waals surface area contributed by atoms with Crippen LogP contribution in [0.25, 0.3) is 0 Å². The molecule has 0 spiro atoms. The zero-order valence-corrected chi connectivity index (χ0v) is 8.08. The quantitative estimate of drug-likeness (QED) is 0.404. The van der Waals surface area contributed by atoms with Gasteiger partial charge in [0.25, 0.3) is 0 Å². The average Bonchev–Trinajstić information content (AvgIpc) is 2.15. The molecule has 0 aromatic carbocycles. The van der Waals surface area contributed by atoms with Crippen molar-refractivity contribution in [2.75, 3.05) is 26.9 Å². The van der Waals surface area contributed by atoms with E-state index in [1.165, 1.54) is 0 Å². The van der Waals surface area contributed by atoms with E-state index in [4.69, 9.17) is 14.9 Å². The fourth-order valence-corrected chi connectivity index (χ4v) is 1.45. The summed E-state index contributed by atoms with van der Waals surface area (Å²) in [5.74, 6) is 0. The van der Waals surface area contributed by atoms with E-state index in [0.717, 1.165) is 0 Å². The van der Waals surface area contributed by atoms with Crippen LogP contribution in [0.4, 0.5) is 0 Å². The number of rotatable bonds is 3. The zero-order valence-electron chi connectivity index (χ0n) is 8.08. The predicted octanol–water partition coefficient (Wildman–Crippen LogP) is -2.65. The molecule has 84 valence electrons. The Morgan fingerprint density at radius 1 is 1.50 bits per heavy atom. The largest absolute Gasteiger partial charge is 0.394 e. The molecule has 1 saturated heterocycles. The standard InChI is InChI=1S/C8H17NO5/c1-9-2-5(11)8(14-4-9)7(13)6(12)3-10/h5-8,10-13H,2-4H2,1H3/t5-,6+,7+,8+/m0/s1. The molecule has 6 nitrogen and oxygen atoms in total. The number of likely N-dealkylation sites (N-methyl/N-ethyl adjacent to an activating group) is 1. The minimum atomic E-state index is -1.28. The molecule has 4 atom stereocenters. The second-order valence-electron chi connectivity index (χ2n) is 3.61. The van der Waals surface area contributed by atoms with Gasteiger partial charge >= 0.3 is 0 Å². The van der Waals surface area contributed by atoms with Crippen LogP contribution < -0.4 is 0 Å². The fourth-order valence-electron chi connectivity index (χ4n) is 1.45. The van der Waals surface area contributed by atoms with Crippen LogP contribution in [-0.4, -0.2) is 76.7 Å². The van der Waals surface area contributed by atoms with Gasteiger partial charge in [0.15, 0.2) is 0 Å². The molecule has 6 heteroatoms. The summed E-state index contributed by atoms with van der Waals surface area (Å²) in [4.78, 5) is 1.75. The molecule has 0 aromatic heterocycles. The second-order valence-corrected chi connectivity index (χ2v) is 3.61. The Morgan fingerprint density at radius 3 is 2.64 bits per heavy atom. The molecule has 14 heavy (non-hydrogen) atoms. The van der Waals surface area contributed by atoms with Crippen LogP contribution in [0.15, 0.2) is 0 Å². The van der Waals surface area contributed by atoms with Gasteiger partial charge in [-0.05, 0) is 7.05 Å². The summed E-state index contributed by atoms with van der Waals surface area (Å²) >= 11 is 0. The molecule has 0 amide bonds. The summed E-state index contributed by atoms with van der Waals surface area (Å²) in [5, 5.41) is 36.8. The van der Waals surface area contributed by atoms with E-state index in [1.807, 2.05) is 0 Å². The van der Waals surface area contributed by atoms with Crippen LogP contribution in [0, 0.1) is 0 Å². The van der Waals surface area contributed by atoms with Crippen LogP contribution in [0.2, 0.25) is 0 Å². The lowest BCUT2D eigenvalue weighted by Gasteiger charge is -2.37. The number of hydrogen-bond acceptors (Lipinski definition) is 6. The molecular formula is C8H17NO5. The Labute approximate surface area is 82.3 Å². The van der Waals surface area contributed by atoms with E-state index in [-0.39, 0.29) is 6.73 Å². The lowest BCUT2D eigenvalue weighted by Crippen LogP contribution is -2.55. The van der Waals surface area contributed by atoms with E-state index >= 15 is 0 Å². The third-order valence-corrected chi connectivity index (χ3v) is 2.28. The van der Waals surface area contributed by atoms with Crippen LogP contribution in [0.5, 0.6) is 0 Å². The SMILES string of the molecule is CN1CO[C@@H]([C@H](O)[C@H](O)CO)[C@@H](O)C1. The van der Waals surface area contributed by atoms with Crippen LogP contribution in [-0.2, 0) is 4.74 Å². The highest BCUT2D eigenvalue weighted by Gasteiger charge is 2.35. The van der Waals surface area contributed by atoms with Gasteiger partial charge in [0.2, 0.25) is 0 Å². The summed E-state index contributed by atoms with van der Waals surface area (Å²) in [6, 6.07) is 0. The van der Waals surface area contributed by atoms with E-state index in [0.29, 0.717) is 6.54 Å². The molecule has 0 bridgehead atoms. The molecule has 1 fully saturated rings. The van der Waals surface area contributed by atoms with Gasteiger partial charge in [0, 0.05) is 6.54 Å². The summed E-state index contributed by atoms with van der Waals surface area (Å²) in [6.45, 7) is 0.112. The number of ether oxygens (including phenoxy) is 1. The maximum Gasteiger partial charge on any atom is 0.115 e. The lowest BCUT2D eigenvalue weighted by atomic mass is 10.0. The van der Waals surface area contributed by atoms with E-state index in [2.05, 4.69) is 0 Å². The molecule has 1 heterocycles. The van der Waals surface area contributed by atoms with Gasteiger partial charge in [0.05, 0.1) is 19.4 Å². The molecule has 1 aliphatic rings. The monoisotopic (exact) mass is 207 g/mol. The number of hydrogen-bond donors (Lipinski definition) is 4. The first kappa shape index (κ1) is 11.8. The van der Waals surface area contributed by atoms with Gasteiger partial charge in [0.1, 0.15) is 18.3 Å². The molecular weight excluding hydrogens is 190 g/mol. The normalized spacial score (nSPS) is 34.1. The van der Waals surface area contributed by atoms with Gasteiger partial charge in [-0.1, -0.05) is 0 Å². The highest BCUT2D eigenvalue weighted by molar-refractivity contribution is 4.85. The van der Waals surface area contributed by atoms with Gasteiger partial charge in [-0.15, -0.1) is 0 Å². The van der Waals surface area contributed by atoms with Crippen molar-refractivity contribution in [2.45, 2.75) is 24.4 Å². The fraction of sp³-hybridized carbons (Fsp3) is 1.00. The van der Waals surface area contributed by atoms with Crippen molar-refractivity contribution in [1.82, 2.24) is 4.90 Å². The van der Waals surface area contributed by atoms with Crippen molar-refractivity contribution >= 4 is 0 Å². The Morgan fingerprint density at radius 2 is 2.14 bits per heavy atom.